The normalized spacial score (nSPS) is 10.6. The number of aromatic nitrogens is 1. The Balaban J connectivity index is 2.97. The molecule has 0 fully saturated rings. The van der Waals surface area contributed by atoms with Crippen molar-refractivity contribution in [3.8, 4) is 11.8 Å². The van der Waals surface area contributed by atoms with E-state index < -0.39 is 0 Å². The molecular formula is C16H22N2O2. The summed E-state index contributed by atoms with van der Waals surface area (Å²) in [4.78, 5) is 16.5. The maximum absolute atomic E-state index is 12.3. The van der Waals surface area contributed by atoms with Crippen LogP contribution < -0.4 is 5.32 Å². The first-order valence-electron chi connectivity index (χ1n) is 6.93. The molecule has 0 unspecified atom stereocenters. The Morgan fingerprint density at radius 3 is 2.75 bits per heavy atom. The first-order chi connectivity index (χ1) is 9.56. The van der Waals surface area contributed by atoms with Gasteiger partial charge >= 0.3 is 0 Å². The van der Waals surface area contributed by atoms with Gasteiger partial charge in [0.1, 0.15) is 5.69 Å². The molecule has 0 radical (unpaired) electrons. The number of amides is 1. The largest absolute Gasteiger partial charge is 0.395 e. The van der Waals surface area contributed by atoms with Crippen LogP contribution in [0.15, 0.2) is 18.3 Å². The Kier molecular flexibility index (Phi) is 6.20. The van der Waals surface area contributed by atoms with Crippen molar-refractivity contribution in [1.82, 2.24) is 10.3 Å². The van der Waals surface area contributed by atoms with Gasteiger partial charge in [0.15, 0.2) is 0 Å². The molecule has 1 aromatic heterocycles. The number of hydrogen-bond donors (Lipinski definition) is 2. The minimum Gasteiger partial charge on any atom is -0.395 e. The summed E-state index contributed by atoms with van der Waals surface area (Å²) >= 11 is 0. The summed E-state index contributed by atoms with van der Waals surface area (Å²) in [5.74, 6) is 5.50. The van der Waals surface area contributed by atoms with E-state index in [4.69, 9.17) is 5.11 Å². The average Bonchev–Trinajstić information content (AvgIpc) is 2.47. The number of rotatable bonds is 5. The maximum Gasteiger partial charge on any atom is 0.271 e. The minimum atomic E-state index is -0.232. The molecule has 0 bridgehead atoms. The lowest BCUT2D eigenvalue weighted by atomic mass is 9.95. The van der Waals surface area contributed by atoms with Gasteiger partial charge in [-0.1, -0.05) is 25.7 Å². The highest BCUT2D eigenvalue weighted by Crippen LogP contribution is 2.15. The predicted molar refractivity (Wildman–Crippen MR) is 79.3 cm³/mol. The van der Waals surface area contributed by atoms with Crippen molar-refractivity contribution in [2.24, 2.45) is 0 Å². The molecule has 20 heavy (non-hydrogen) atoms. The highest BCUT2D eigenvalue weighted by Gasteiger charge is 2.24. The maximum atomic E-state index is 12.3. The number of nitrogens with zero attached hydrogens (tertiary/aromatic N) is 1. The van der Waals surface area contributed by atoms with Gasteiger partial charge in [0, 0.05) is 18.2 Å². The van der Waals surface area contributed by atoms with Gasteiger partial charge in [0.05, 0.1) is 12.2 Å². The quantitative estimate of drug-likeness (QED) is 0.808. The Morgan fingerprint density at radius 1 is 1.45 bits per heavy atom. The van der Waals surface area contributed by atoms with Crippen LogP contribution in [0.4, 0.5) is 0 Å². The summed E-state index contributed by atoms with van der Waals surface area (Å²) in [6, 6.07) is 3.51. The van der Waals surface area contributed by atoms with E-state index in [2.05, 4.69) is 22.1 Å². The van der Waals surface area contributed by atoms with Crippen LogP contribution in [0.25, 0.3) is 0 Å². The summed E-state index contributed by atoms with van der Waals surface area (Å²) in [7, 11) is 0. The standard InChI is InChI=1S/C16H22N2O2/c1-4-16(3,5-2)18-15(20)14-13(9-6-7-12-19)10-8-11-17-14/h8,10-11,19H,4-5,7,12H2,1-3H3,(H,18,20). The van der Waals surface area contributed by atoms with Crippen LogP contribution >= 0.6 is 0 Å². The predicted octanol–water partition coefficient (Wildman–Crippen LogP) is 2.12. The molecule has 1 heterocycles. The summed E-state index contributed by atoms with van der Waals surface area (Å²) in [5.41, 5.74) is 0.698. The molecule has 0 aliphatic carbocycles. The molecule has 0 saturated carbocycles. The van der Waals surface area contributed by atoms with Crippen LogP contribution in [0.2, 0.25) is 0 Å². The molecule has 2 N–H and O–H groups in total. The molecule has 0 spiro atoms. The van der Waals surface area contributed by atoms with Gasteiger partial charge in [0.2, 0.25) is 0 Å². The van der Waals surface area contributed by atoms with Crippen molar-refractivity contribution in [3.05, 3.63) is 29.6 Å². The molecule has 108 valence electrons. The summed E-state index contributed by atoms with van der Waals surface area (Å²) in [6.45, 7) is 6.12. The van der Waals surface area contributed by atoms with Crippen LogP contribution in [0.5, 0.6) is 0 Å². The Labute approximate surface area is 120 Å². The number of carbonyl (C=O) groups excluding carboxylic acids is 1. The van der Waals surface area contributed by atoms with Crippen molar-refractivity contribution < 1.29 is 9.90 Å². The zero-order chi connectivity index (χ0) is 15.0. The van der Waals surface area contributed by atoms with Crippen LogP contribution in [-0.4, -0.2) is 28.1 Å². The fraction of sp³-hybridized carbons (Fsp3) is 0.500. The average molecular weight is 274 g/mol. The van der Waals surface area contributed by atoms with Crippen molar-refractivity contribution in [2.45, 2.75) is 45.6 Å². The van der Waals surface area contributed by atoms with Crippen LogP contribution in [0.1, 0.15) is 56.1 Å². The first kappa shape index (κ1) is 16.2. The van der Waals surface area contributed by atoms with Crippen molar-refractivity contribution in [2.75, 3.05) is 6.61 Å². The molecule has 0 atom stereocenters. The van der Waals surface area contributed by atoms with Gasteiger partial charge in [-0.15, -0.1) is 0 Å². The molecule has 0 saturated heterocycles. The lowest BCUT2D eigenvalue weighted by molar-refractivity contribution is 0.0895. The molecule has 1 rings (SSSR count). The lowest BCUT2D eigenvalue weighted by Crippen LogP contribution is -2.45. The van der Waals surface area contributed by atoms with Crippen LogP contribution in [-0.2, 0) is 0 Å². The molecule has 1 aromatic rings. The second-order valence-electron chi connectivity index (χ2n) is 4.90. The van der Waals surface area contributed by atoms with Gasteiger partial charge in [-0.3, -0.25) is 4.79 Å². The Bertz CT molecular complexity index is 511. The number of aliphatic hydroxyl groups excluding tert-OH is 1. The van der Waals surface area contributed by atoms with E-state index in [9.17, 15) is 4.79 Å². The molecular weight excluding hydrogens is 252 g/mol. The van der Waals surface area contributed by atoms with Crippen LogP contribution in [0, 0.1) is 11.8 Å². The van der Waals surface area contributed by atoms with Crippen molar-refractivity contribution >= 4 is 5.91 Å². The molecule has 1 amide bonds. The highest BCUT2D eigenvalue weighted by atomic mass is 16.2. The third kappa shape index (κ3) is 4.36. The molecule has 4 heteroatoms. The van der Waals surface area contributed by atoms with Crippen LogP contribution in [0.3, 0.4) is 0 Å². The SMILES string of the molecule is CCC(C)(CC)NC(=O)c1ncccc1C#CCCO. The fourth-order valence-corrected chi connectivity index (χ4v) is 1.66. The fourth-order valence-electron chi connectivity index (χ4n) is 1.66. The third-order valence-corrected chi connectivity index (χ3v) is 3.46. The van der Waals surface area contributed by atoms with Crippen molar-refractivity contribution in [3.63, 3.8) is 0 Å². The van der Waals surface area contributed by atoms with E-state index in [1.165, 1.54) is 0 Å². The van der Waals surface area contributed by atoms with E-state index in [-0.39, 0.29) is 18.1 Å². The second kappa shape index (κ2) is 7.66. The summed E-state index contributed by atoms with van der Waals surface area (Å²) < 4.78 is 0. The van der Waals surface area contributed by atoms with E-state index >= 15 is 0 Å². The van der Waals surface area contributed by atoms with E-state index in [0.29, 0.717) is 17.7 Å². The summed E-state index contributed by atoms with van der Waals surface area (Å²) in [5, 5.41) is 11.8. The van der Waals surface area contributed by atoms with Crippen molar-refractivity contribution in [1.29, 1.82) is 0 Å². The van der Waals surface area contributed by atoms with E-state index in [0.717, 1.165) is 12.8 Å². The number of aliphatic hydroxyl groups is 1. The zero-order valence-corrected chi connectivity index (χ0v) is 12.4. The Hall–Kier alpha value is -1.86. The van der Waals surface area contributed by atoms with E-state index in [1.807, 2.05) is 20.8 Å². The number of pyridine rings is 1. The summed E-state index contributed by atoms with van der Waals surface area (Å²) in [6.07, 6.45) is 3.68. The topological polar surface area (TPSA) is 62.2 Å². The number of nitrogens with one attached hydrogen (secondary N) is 1. The van der Waals surface area contributed by atoms with Gasteiger partial charge in [-0.2, -0.15) is 0 Å². The minimum absolute atomic E-state index is 0.0124. The zero-order valence-electron chi connectivity index (χ0n) is 12.4. The monoisotopic (exact) mass is 274 g/mol. The number of carbonyl (C=O) groups is 1. The van der Waals surface area contributed by atoms with Gasteiger partial charge < -0.3 is 10.4 Å². The highest BCUT2D eigenvalue weighted by molar-refractivity contribution is 5.95. The van der Waals surface area contributed by atoms with E-state index in [1.54, 1.807) is 18.3 Å². The first-order valence-corrected chi connectivity index (χ1v) is 6.93. The molecule has 4 nitrogen and oxygen atoms in total. The smallest absolute Gasteiger partial charge is 0.271 e. The number of hydrogen-bond acceptors (Lipinski definition) is 3. The molecule has 0 aliphatic rings. The molecule has 0 aromatic carbocycles. The second-order valence-corrected chi connectivity index (χ2v) is 4.90. The van der Waals surface area contributed by atoms with Gasteiger partial charge in [-0.05, 0) is 31.9 Å². The van der Waals surface area contributed by atoms with Gasteiger partial charge in [-0.25, -0.2) is 4.98 Å². The third-order valence-electron chi connectivity index (χ3n) is 3.46. The Morgan fingerprint density at radius 2 is 2.15 bits per heavy atom. The van der Waals surface area contributed by atoms with Gasteiger partial charge in [0.25, 0.3) is 5.91 Å². The molecule has 0 aliphatic heterocycles. The lowest BCUT2D eigenvalue weighted by Gasteiger charge is -2.28.